The molecule has 0 aliphatic heterocycles. The lowest BCUT2D eigenvalue weighted by molar-refractivity contribution is -0.143. The van der Waals surface area contributed by atoms with Crippen LogP contribution in [0.25, 0.3) is 0 Å². The van der Waals surface area contributed by atoms with E-state index >= 15 is 0 Å². The summed E-state index contributed by atoms with van der Waals surface area (Å²) in [5.74, 6) is 0.0900. The molecule has 0 radical (unpaired) electrons. The van der Waals surface area contributed by atoms with Crippen molar-refractivity contribution in [3.8, 4) is 11.5 Å². The molecule has 19 heavy (non-hydrogen) atoms. The summed E-state index contributed by atoms with van der Waals surface area (Å²) >= 11 is 6.25. The standard InChI is InChI=1S/C14H17ClO4/c1-18-10-6-5-9(15)11(12(10)19-2)14(13(16)17)7-3-4-8-14/h5-6H,3-4,7-8H2,1-2H3,(H,16,17). The Morgan fingerprint density at radius 2 is 1.89 bits per heavy atom. The van der Waals surface area contributed by atoms with Gasteiger partial charge in [-0.05, 0) is 25.0 Å². The summed E-state index contributed by atoms with van der Waals surface area (Å²) in [6.07, 6.45) is 2.91. The molecule has 1 saturated carbocycles. The Hall–Kier alpha value is -1.42. The van der Waals surface area contributed by atoms with E-state index in [-0.39, 0.29) is 0 Å². The Morgan fingerprint density at radius 1 is 1.26 bits per heavy atom. The molecule has 5 heteroatoms. The van der Waals surface area contributed by atoms with E-state index in [1.807, 2.05) is 0 Å². The highest BCUT2D eigenvalue weighted by Crippen LogP contribution is 2.50. The third-order valence-corrected chi connectivity index (χ3v) is 4.15. The molecule has 0 unspecified atom stereocenters. The molecule has 1 aromatic rings. The van der Waals surface area contributed by atoms with Crippen molar-refractivity contribution < 1.29 is 19.4 Å². The zero-order valence-corrected chi connectivity index (χ0v) is 11.8. The van der Waals surface area contributed by atoms with Crippen LogP contribution < -0.4 is 9.47 Å². The zero-order chi connectivity index (χ0) is 14.0. The minimum absolute atomic E-state index is 0.418. The van der Waals surface area contributed by atoms with Gasteiger partial charge in [-0.25, -0.2) is 0 Å². The largest absolute Gasteiger partial charge is 0.493 e. The SMILES string of the molecule is COc1ccc(Cl)c(C2(C(=O)O)CCCC2)c1OC. The number of rotatable bonds is 4. The summed E-state index contributed by atoms with van der Waals surface area (Å²) < 4.78 is 10.6. The highest BCUT2D eigenvalue weighted by Gasteiger charge is 2.46. The van der Waals surface area contributed by atoms with E-state index in [2.05, 4.69) is 0 Å². The molecule has 0 saturated heterocycles. The first kappa shape index (κ1) is 14.0. The van der Waals surface area contributed by atoms with Crippen LogP contribution in [0.2, 0.25) is 5.02 Å². The quantitative estimate of drug-likeness (QED) is 0.922. The number of carboxylic acid groups (broad SMARTS) is 1. The average Bonchev–Trinajstić information content (AvgIpc) is 2.88. The first-order chi connectivity index (χ1) is 9.06. The molecule has 2 rings (SSSR count). The first-order valence-corrected chi connectivity index (χ1v) is 6.59. The van der Waals surface area contributed by atoms with Crippen LogP contribution in [-0.4, -0.2) is 25.3 Å². The van der Waals surface area contributed by atoms with Gasteiger partial charge >= 0.3 is 5.97 Å². The molecule has 0 heterocycles. The van der Waals surface area contributed by atoms with Crippen LogP contribution in [0.3, 0.4) is 0 Å². The van der Waals surface area contributed by atoms with Crippen LogP contribution in [0.1, 0.15) is 31.2 Å². The Labute approximate surface area is 117 Å². The third-order valence-electron chi connectivity index (χ3n) is 3.84. The van der Waals surface area contributed by atoms with Crippen molar-refractivity contribution in [2.75, 3.05) is 14.2 Å². The number of hydrogen-bond donors (Lipinski definition) is 1. The highest BCUT2D eigenvalue weighted by atomic mass is 35.5. The van der Waals surface area contributed by atoms with Gasteiger partial charge in [-0.2, -0.15) is 0 Å². The fourth-order valence-corrected chi connectivity index (χ4v) is 3.23. The molecule has 0 aromatic heterocycles. The van der Waals surface area contributed by atoms with Crippen molar-refractivity contribution in [2.24, 2.45) is 0 Å². The van der Waals surface area contributed by atoms with E-state index in [1.54, 1.807) is 12.1 Å². The van der Waals surface area contributed by atoms with E-state index in [4.69, 9.17) is 21.1 Å². The molecule has 1 aromatic carbocycles. The molecule has 1 aliphatic rings. The molecule has 104 valence electrons. The summed E-state index contributed by atoms with van der Waals surface area (Å²) in [4.78, 5) is 11.8. The topological polar surface area (TPSA) is 55.8 Å². The number of ether oxygens (including phenoxy) is 2. The number of carboxylic acids is 1. The van der Waals surface area contributed by atoms with Crippen molar-refractivity contribution >= 4 is 17.6 Å². The molecule has 1 fully saturated rings. The van der Waals surface area contributed by atoms with E-state index in [9.17, 15) is 9.90 Å². The van der Waals surface area contributed by atoms with E-state index in [1.165, 1.54) is 14.2 Å². The van der Waals surface area contributed by atoms with E-state index in [0.717, 1.165) is 12.8 Å². The predicted octanol–water partition coefficient (Wildman–Crippen LogP) is 3.25. The highest BCUT2D eigenvalue weighted by molar-refractivity contribution is 6.32. The fourth-order valence-electron chi connectivity index (χ4n) is 2.90. The maximum Gasteiger partial charge on any atom is 0.314 e. The van der Waals surface area contributed by atoms with Gasteiger partial charge < -0.3 is 14.6 Å². The summed E-state index contributed by atoms with van der Waals surface area (Å²) in [6.45, 7) is 0. The monoisotopic (exact) mass is 284 g/mol. The molecule has 0 spiro atoms. The van der Waals surface area contributed by atoms with Gasteiger partial charge in [0.25, 0.3) is 0 Å². The first-order valence-electron chi connectivity index (χ1n) is 6.21. The lowest BCUT2D eigenvalue weighted by atomic mass is 9.78. The summed E-state index contributed by atoms with van der Waals surface area (Å²) in [7, 11) is 3.03. The van der Waals surface area contributed by atoms with Crippen LogP contribution in [-0.2, 0) is 10.2 Å². The second-order valence-corrected chi connectivity index (χ2v) is 5.16. The second-order valence-electron chi connectivity index (χ2n) is 4.75. The van der Waals surface area contributed by atoms with Crippen molar-refractivity contribution in [1.82, 2.24) is 0 Å². The number of hydrogen-bond acceptors (Lipinski definition) is 3. The normalized spacial score (nSPS) is 17.2. The van der Waals surface area contributed by atoms with Gasteiger partial charge in [0.05, 0.1) is 19.6 Å². The van der Waals surface area contributed by atoms with E-state index < -0.39 is 11.4 Å². The van der Waals surface area contributed by atoms with Crippen molar-refractivity contribution in [1.29, 1.82) is 0 Å². The number of halogens is 1. The zero-order valence-electron chi connectivity index (χ0n) is 11.0. The summed E-state index contributed by atoms with van der Waals surface area (Å²) in [5.41, 5.74) is -0.419. The Kier molecular flexibility index (Phi) is 3.90. The average molecular weight is 285 g/mol. The number of aliphatic carboxylic acids is 1. The second kappa shape index (κ2) is 5.29. The molecule has 1 N–H and O–H groups in total. The minimum atomic E-state index is -0.961. The number of methoxy groups -OCH3 is 2. The van der Waals surface area contributed by atoms with Crippen LogP contribution in [0.5, 0.6) is 11.5 Å². The number of benzene rings is 1. The third kappa shape index (κ3) is 2.14. The smallest absolute Gasteiger partial charge is 0.314 e. The lowest BCUT2D eigenvalue weighted by Crippen LogP contribution is -2.33. The molecule has 1 aliphatic carbocycles. The Bertz CT molecular complexity index is 492. The Morgan fingerprint density at radius 3 is 2.37 bits per heavy atom. The van der Waals surface area contributed by atoms with E-state index in [0.29, 0.717) is 34.9 Å². The predicted molar refractivity (Wildman–Crippen MR) is 72.3 cm³/mol. The minimum Gasteiger partial charge on any atom is -0.493 e. The molecular weight excluding hydrogens is 268 g/mol. The molecule has 0 bridgehead atoms. The van der Waals surface area contributed by atoms with Crippen LogP contribution in [0.4, 0.5) is 0 Å². The molecule has 0 atom stereocenters. The van der Waals surface area contributed by atoms with Gasteiger partial charge in [0, 0.05) is 10.6 Å². The molecule has 0 amide bonds. The summed E-state index contributed by atoms with van der Waals surface area (Å²) in [5, 5.41) is 10.1. The van der Waals surface area contributed by atoms with Crippen molar-refractivity contribution in [3.05, 3.63) is 22.7 Å². The van der Waals surface area contributed by atoms with Gasteiger partial charge in [-0.3, -0.25) is 4.79 Å². The molecule has 4 nitrogen and oxygen atoms in total. The van der Waals surface area contributed by atoms with Crippen LogP contribution in [0.15, 0.2) is 12.1 Å². The fraction of sp³-hybridized carbons (Fsp3) is 0.500. The summed E-state index contributed by atoms with van der Waals surface area (Å²) in [6, 6.07) is 3.36. The van der Waals surface area contributed by atoms with Crippen LogP contribution in [0, 0.1) is 0 Å². The number of carbonyl (C=O) groups is 1. The van der Waals surface area contributed by atoms with Gasteiger partial charge in [-0.1, -0.05) is 24.4 Å². The maximum atomic E-state index is 11.8. The maximum absolute atomic E-state index is 11.8. The van der Waals surface area contributed by atoms with Crippen molar-refractivity contribution in [2.45, 2.75) is 31.1 Å². The van der Waals surface area contributed by atoms with Crippen molar-refractivity contribution in [3.63, 3.8) is 0 Å². The van der Waals surface area contributed by atoms with Gasteiger partial charge in [-0.15, -0.1) is 0 Å². The Balaban J connectivity index is 2.69. The van der Waals surface area contributed by atoms with Gasteiger partial charge in [0.1, 0.15) is 0 Å². The lowest BCUT2D eigenvalue weighted by Gasteiger charge is -2.28. The van der Waals surface area contributed by atoms with Gasteiger partial charge in [0.2, 0.25) is 0 Å². The molecular formula is C14H17ClO4. The van der Waals surface area contributed by atoms with Gasteiger partial charge in [0.15, 0.2) is 11.5 Å². The van der Waals surface area contributed by atoms with Crippen LogP contribution >= 0.6 is 11.6 Å².